The van der Waals surface area contributed by atoms with Crippen LogP contribution in [0.5, 0.6) is 0 Å². The van der Waals surface area contributed by atoms with Gasteiger partial charge in [0.1, 0.15) is 17.8 Å². The van der Waals surface area contributed by atoms with Crippen molar-refractivity contribution in [3.63, 3.8) is 0 Å². The van der Waals surface area contributed by atoms with E-state index in [1.54, 1.807) is 30.3 Å². The monoisotopic (exact) mass is 504 g/mol. The molecule has 202 valence electrons. The Morgan fingerprint density at radius 1 is 0.861 bits per heavy atom. The number of rotatable bonds is 14. The van der Waals surface area contributed by atoms with E-state index in [0.717, 1.165) is 25.7 Å². The topological polar surface area (TPSA) is 46.5 Å². The number of hydrogen-bond acceptors (Lipinski definition) is 3. The third kappa shape index (κ3) is 17.0. The fourth-order valence-corrected chi connectivity index (χ4v) is 2.75. The SMILES string of the molecule is CCC/C=C\C(O)/C(F)=C\CC(C)C.CCC/C=C\C(OC(=O)c1ccccc1)/C(F)=C\CC(C)C. The summed E-state index contributed by atoms with van der Waals surface area (Å²) in [5, 5.41) is 9.33. The first-order chi connectivity index (χ1) is 17.1. The Bertz CT molecular complexity index is 823. The second kappa shape index (κ2) is 20.6. The van der Waals surface area contributed by atoms with E-state index in [2.05, 4.69) is 0 Å². The van der Waals surface area contributed by atoms with Gasteiger partial charge >= 0.3 is 5.97 Å². The van der Waals surface area contributed by atoms with Crippen molar-refractivity contribution in [2.45, 2.75) is 92.3 Å². The van der Waals surface area contributed by atoms with Gasteiger partial charge in [0.05, 0.1) is 5.56 Å². The van der Waals surface area contributed by atoms with Gasteiger partial charge in [-0.25, -0.2) is 13.6 Å². The zero-order valence-electron chi connectivity index (χ0n) is 22.9. The van der Waals surface area contributed by atoms with Gasteiger partial charge in [0.2, 0.25) is 0 Å². The lowest BCUT2D eigenvalue weighted by Crippen LogP contribution is -2.17. The zero-order chi connectivity index (χ0) is 27.3. The summed E-state index contributed by atoms with van der Waals surface area (Å²) in [6, 6.07) is 8.64. The molecule has 0 heterocycles. The van der Waals surface area contributed by atoms with Crippen LogP contribution >= 0.6 is 0 Å². The predicted octanol–water partition coefficient (Wildman–Crippen LogP) is 9.07. The van der Waals surface area contributed by atoms with Crippen LogP contribution < -0.4 is 0 Å². The van der Waals surface area contributed by atoms with E-state index in [-0.39, 0.29) is 0 Å². The van der Waals surface area contributed by atoms with Crippen molar-refractivity contribution in [1.82, 2.24) is 0 Å². The highest BCUT2D eigenvalue weighted by Crippen LogP contribution is 2.17. The summed E-state index contributed by atoms with van der Waals surface area (Å²) in [5.74, 6) is -0.584. The number of carbonyl (C=O) groups excluding carboxylic acids is 1. The molecular formula is C31H46F2O3. The van der Waals surface area contributed by atoms with Gasteiger partial charge in [-0.15, -0.1) is 0 Å². The first kappa shape index (κ1) is 33.5. The lowest BCUT2D eigenvalue weighted by molar-refractivity contribution is 0.0415. The van der Waals surface area contributed by atoms with E-state index in [9.17, 15) is 18.7 Å². The summed E-state index contributed by atoms with van der Waals surface area (Å²) in [5.41, 5.74) is 0.424. The molecule has 2 atom stereocenters. The average molecular weight is 505 g/mol. The van der Waals surface area contributed by atoms with E-state index >= 15 is 0 Å². The quantitative estimate of drug-likeness (QED) is 0.203. The number of hydrogen-bond donors (Lipinski definition) is 1. The summed E-state index contributed by atoms with van der Waals surface area (Å²) in [6.45, 7) is 12.2. The molecule has 0 aliphatic carbocycles. The highest BCUT2D eigenvalue weighted by Gasteiger charge is 2.17. The number of aliphatic hydroxyl groups excluding tert-OH is 1. The van der Waals surface area contributed by atoms with Crippen molar-refractivity contribution in [2.24, 2.45) is 11.8 Å². The first-order valence-corrected chi connectivity index (χ1v) is 13.1. The van der Waals surface area contributed by atoms with E-state index in [0.29, 0.717) is 30.2 Å². The van der Waals surface area contributed by atoms with Crippen molar-refractivity contribution in [1.29, 1.82) is 0 Å². The van der Waals surface area contributed by atoms with Gasteiger partial charge in [-0.1, -0.05) is 90.8 Å². The second-order valence-corrected chi connectivity index (χ2v) is 9.51. The van der Waals surface area contributed by atoms with Crippen LogP contribution in [-0.2, 0) is 4.74 Å². The van der Waals surface area contributed by atoms with Crippen LogP contribution in [0.2, 0.25) is 0 Å². The summed E-state index contributed by atoms with van der Waals surface area (Å²) in [4.78, 5) is 12.1. The van der Waals surface area contributed by atoms with Crippen LogP contribution in [0.3, 0.4) is 0 Å². The molecule has 5 heteroatoms. The minimum absolute atomic E-state index is 0.357. The third-order valence-electron chi connectivity index (χ3n) is 4.91. The Balaban J connectivity index is 0.000000757. The highest BCUT2D eigenvalue weighted by atomic mass is 19.1. The third-order valence-corrected chi connectivity index (χ3v) is 4.91. The minimum Gasteiger partial charge on any atom is -0.447 e. The lowest BCUT2D eigenvalue weighted by atomic mass is 10.1. The van der Waals surface area contributed by atoms with E-state index < -0.39 is 29.8 Å². The van der Waals surface area contributed by atoms with E-state index in [4.69, 9.17) is 4.74 Å². The van der Waals surface area contributed by atoms with Gasteiger partial charge in [-0.2, -0.15) is 0 Å². The Morgan fingerprint density at radius 3 is 1.86 bits per heavy atom. The maximum atomic E-state index is 14.3. The molecule has 0 radical (unpaired) electrons. The molecule has 0 aliphatic rings. The second-order valence-electron chi connectivity index (χ2n) is 9.51. The minimum atomic E-state index is -1.06. The standard InChI is InChI=1S/C19H25FO2.C12H21FO/c1-4-5-7-12-18(17(20)14-13-15(2)3)22-19(21)16-10-8-6-9-11-16;1-4-5-6-7-12(14)11(13)9-8-10(2)3/h6-12,14-15,18H,4-5,13H2,1-3H3;6-7,9-10,12,14H,4-5,8H2,1-3H3/b12-7-,17-14+;7-6-,11-9+. The zero-order valence-corrected chi connectivity index (χ0v) is 22.9. The maximum absolute atomic E-state index is 14.3. The van der Waals surface area contributed by atoms with Gasteiger partial charge in [0.25, 0.3) is 0 Å². The molecule has 36 heavy (non-hydrogen) atoms. The summed E-state index contributed by atoms with van der Waals surface area (Å²) >= 11 is 0. The molecule has 0 fully saturated rings. The number of halogens is 2. The van der Waals surface area contributed by atoms with Crippen LogP contribution in [-0.4, -0.2) is 23.3 Å². The Hall–Kier alpha value is -2.53. The van der Waals surface area contributed by atoms with Gasteiger partial charge < -0.3 is 9.84 Å². The molecule has 3 nitrogen and oxygen atoms in total. The largest absolute Gasteiger partial charge is 0.447 e. The number of carbonyl (C=O) groups is 1. The highest BCUT2D eigenvalue weighted by molar-refractivity contribution is 5.89. The van der Waals surface area contributed by atoms with Gasteiger partial charge in [0, 0.05) is 0 Å². The fraction of sp³-hybridized carbons (Fsp3) is 0.516. The number of aliphatic hydroxyl groups is 1. The molecule has 0 aromatic heterocycles. The Kier molecular flexibility index (Phi) is 19.2. The van der Waals surface area contributed by atoms with Crippen molar-refractivity contribution in [2.75, 3.05) is 0 Å². The van der Waals surface area contributed by atoms with Crippen LogP contribution in [0.15, 0.2) is 78.4 Å². The van der Waals surface area contributed by atoms with Gasteiger partial charge in [-0.3, -0.25) is 0 Å². The smallest absolute Gasteiger partial charge is 0.339 e. The number of ether oxygens (including phenoxy) is 1. The molecule has 0 aliphatic heterocycles. The lowest BCUT2D eigenvalue weighted by Gasteiger charge is -2.13. The summed E-state index contributed by atoms with van der Waals surface area (Å²) < 4.78 is 32.7. The van der Waals surface area contributed by atoms with Crippen LogP contribution in [0.25, 0.3) is 0 Å². The molecule has 0 spiro atoms. The molecule has 0 saturated carbocycles. The van der Waals surface area contributed by atoms with Crippen molar-refractivity contribution < 1.29 is 23.4 Å². The fourth-order valence-electron chi connectivity index (χ4n) is 2.75. The van der Waals surface area contributed by atoms with E-state index in [1.165, 1.54) is 18.2 Å². The van der Waals surface area contributed by atoms with Crippen LogP contribution in [0, 0.1) is 11.8 Å². The molecule has 1 N–H and O–H groups in total. The number of benzene rings is 1. The molecule has 2 unspecified atom stereocenters. The summed E-state index contributed by atoms with van der Waals surface area (Å²) in [7, 11) is 0. The molecule has 1 aromatic carbocycles. The molecule has 1 rings (SSSR count). The van der Waals surface area contributed by atoms with Crippen LogP contribution in [0.4, 0.5) is 8.78 Å². The molecule has 1 aromatic rings. The molecule has 0 amide bonds. The van der Waals surface area contributed by atoms with Crippen molar-refractivity contribution in [3.05, 3.63) is 84.0 Å². The molecule has 0 saturated heterocycles. The maximum Gasteiger partial charge on any atom is 0.339 e. The van der Waals surface area contributed by atoms with Gasteiger partial charge in [-0.05, 0) is 67.9 Å². The van der Waals surface area contributed by atoms with Gasteiger partial charge in [0.15, 0.2) is 6.10 Å². The number of unbranched alkanes of at least 4 members (excludes halogenated alkanes) is 2. The number of esters is 1. The van der Waals surface area contributed by atoms with Crippen molar-refractivity contribution in [3.8, 4) is 0 Å². The molecule has 0 bridgehead atoms. The first-order valence-electron chi connectivity index (χ1n) is 13.1. The number of allylic oxidation sites excluding steroid dienone is 4. The summed E-state index contributed by atoms with van der Waals surface area (Å²) in [6.07, 6.45) is 12.7. The predicted molar refractivity (Wildman–Crippen MR) is 147 cm³/mol. The normalized spacial score (nSPS) is 14.3. The average Bonchev–Trinajstić information content (AvgIpc) is 2.86. The Morgan fingerprint density at radius 2 is 1.36 bits per heavy atom. The van der Waals surface area contributed by atoms with Crippen molar-refractivity contribution >= 4 is 5.97 Å². The van der Waals surface area contributed by atoms with Crippen LogP contribution in [0.1, 0.15) is 90.4 Å². The molecular weight excluding hydrogens is 458 g/mol. The van der Waals surface area contributed by atoms with E-state index in [1.807, 2.05) is 59.8 Å². The Labute approximate surface area is 217 Å².